The molecule has 0 spiro atoms. The van der Waals surface area contributed by atoms with Crippen molar-refractivity contribution in [2.24, 2.45) is 5.73 Å². The van der Waals surface area contributed by atoms with E-state index >= 15 is 0 Å². The van der Waals surface area contributed by atoms with Crippen LogP contribution >= 0.6 is 11.6 Å². The molecule has 1 unspecified atom stereocenters. The minimum absolute atomic E-state index is 0.0210. The van der Waals surface area contributed by atoms with Crippen LogP contribution in [0.25, 0.3) is 0 Å². The number of ether oxygens (including phenoxy) is 1. The lowest BCUT2D eigenvalue weighted by Gasteiger charge is -2.33. The summed E-state index contributed by atoms with van der Waals surface area (Å²) in [5, 5.41) is 10.0. The zero-order chi connectivity index (χ0) is 14.9. The van der Waals surface area contributed by atoms with Gasteiger partial charge in [0.05, 0.1) is 6.61 Å². The largest absolute Gasteiger partial charge is 0.457 e. The number of aryl methyl sites for hydroxylation is 1. The second-order valence-electron chi connectivity index (χ2n) is 5.69. The highest BCUT2D eigenvalue weighted by Crippen LogP contribution is 2.31. The number of rotatable bonds is 3. The Hall–Kier alpha value is -1.55. The van der Waals surface area contributed by atoms with E-state index in [0.29, 0.717) is 11.4 Å². The van der Waals surface area contributed by atoms with Gasteiger partial charge in [-0.1, -0.05) is 23.7 Å². The van der Waals surface area contributed by atoms with Crippen LogP contribution in [0.3, 0.4) is 0 Å². The van der Waals surface area contributed by atoms with Crippen molar-refractivity contribution in [1.29, 1.82) is 0 Å². The zero-order valence-electron chi connectivity index (χ0n) is 11.7. The molecule has 1 aliphatic rings. The third-order valence-corrected chi connectivity index (χ3v) is 4.19. The lowest BCUT2D eigenvalue weighted by Crippen LogP contribution is -2.48. The first kappa shape index (κ1) is 14.4. The molecule has 21 heavy (non-hydrogen) atoms. The van der Waals surface area contributed by atoms with Crippen LogP contribution in [0, 0.1) is 0 Å². The van der Waals surface area contributed by atoms with E-state index in [1.807, 2.05) is 36.4 Å². The molecular weight excluding hydrogens is 286 g/mol. The average Bonchev–Trinajstić information content (AvgIpc) is 2.48. The average molecular weight is 304 g/mol. The first-order chi connectivity index (χ1) is 10.1. The van der Waals surface area contributed by atoms with E-state index < -0.39 is 5.54 Å². The lowest BCUT2D eigenvalue weighted by atomic mass is 9.79. The van der Waals surface area contributed by atoms with Crippen molar-refractivity contribution in [3.8, 4) is 11.5 Å². The van der Waals surface area contributed by atoms with Crippen molar-refractivity contribution in [1.82, 2.24) is 0 Å². The summed E-state index contributed by atoms with van der Waals surface area (Å²) in [5.41, 5.74) is 8.10. The number of hydrogen-bond acceptors (Lipinski definition) is 3. The lowest BCUT2D eigenvalue weighted by molar-refractivity contribution is 0.181. The molecule has 1 atom stereocenters. The molecule has 0 saturated heterocycles. The number of hydrogen-bond donors (Lipinski definition) is 2. The van der Waals surface area contributed by atoms with Crippen LogP contribution in [0.15, 0.2) is 42.5 Å². The first-order valence-corrected chi connectivity index (χ1v) is 7.41. The Bertz CT molecular complexity index is 659. The quantitative estimate of drug-likeness (QED) is 0.914. The highest BCUT2D eigenvalue weighted by atomic mass is 35.5. The maximum atomic E-state index is 9.39. The van der Waals surface area contributed by atoms with Gasteiger partial charge in [-0.3, -0.25) is 0 Å². The van der Waals surface area contributed by atoms with E-state index in [1.165, 1.54) is 11.1 Å². The summed E-state index contributed by atoms with van der Waals surface area (Å²) in [6.07, 6.45) is 2.35. The summed E-state index contributed by atoms with van der Waals surface area (Å²) in [6, 6.07) is 13.4. The standard InChI is InChI=1S/C17H18ClNO2/c18-14-2-1-3-15(9-14)21-16-5-4-13-10-17(19,11-20)7-6-12(13)8-16/h1-5,8-9,20H,6-7,10-11,19H2. The Morgan fingerprint density at radius 3 is 2.71 bits per heavy atom. The number of fused-ring (bicyclic) bond motifs is 1. The monoisotopic (exact) mass is 303 g/mol. The molecule has 0 aromatic heterocycles. The van der Waals surface area contributed by atoms with E-state index in [4.69, 9.17) is 22.1 Å². The van der Waals surface area contributed by atoms with Gasteiger partial charge in [-0.05, 0) is 60.7 Å². The van der Waals surface area contributed by atoms with E-state index in [2.05, 4.69) is 0 Å². The Morgan fingerprint density at radius 2 is 1.95 bits per heavy atom. The second-order valence-corrected chi connectivity index (χ2v) is 6.12. The summed E-state index contributed by atoms with van der Waals surface area (Å²) in [7, 11) is 0. The fraction of sp³-hybridized carbons (Fsp3) is 0.294. The van der Waals surface area contributed by atoms with Gasteiger partial charge in [-0.15, -0.1) is 0 Å². The van der Waals surface area contributed by atoms with Crippen LogP contribution in [0.1, 0.15) is 17.5 Å². The summed E-state index contributed by atoms with van der Waals surface area (Å²) in [5.74, 6) is 1.52. The molecule has 0 bridgehead atoms. The fourth-order valence-corrected chi connectivity index (χ4v) is 2.90. The third kappa shape index (κ3) is 3.21. The van der Waals surface area contributed by atoms with Crippen LogP contribution in [-0.2, 0) is 12.8 Å². The van der Waals surface area contributed by atoms with Crippen molar-refractivity contribution in [2.45, 2.75) is 24.8 Å². The Labute approximate surface area is 129 Å². The van der Waals surface area contributed by atoms with Gasteiger partial charge >= 0.3 is 0 Å². The van der Waals surface area contributed by atoms with E-state index in [1.54, 1.807) is 6.07 Å². The normalized spacial score (nSPS) is 20.9. The molecule has 3 rings (SSSR count). The molecule has 4 heteroatoms. The summed E-state index contributed by atoms with van der Waals surface area (Å²) >= 11 is 5.96. The van der Waals surface area contributed by atoms with Crippen molar-refractivity contribution < 1.29 is 9.84 Å². The molecule has 2 aromatic carbocycles. The maximum absolute atomic E-state index is 9.39. The molecule has 0 radical (unpaired) electrons. The van der Waals surface area contributed by atoms with Gasteiger partial charge in [0.15, 0.2) is 0 Å². The predicted molar refractivity (Wildman–Crippen MR) is 84.0 cm³/mol. The minimum Gasteiger partial charge on any atom is -0.457 e. The minimum atomic E-state index is -0.484. The fourth-order valence-electron chi connectivity index (χ4n) is 2.72. The maximum Gasteiger partial charge on any atom is 0.128 e. The molecule has 1 aliphatic carbocycles. The molecule has 3 nitrogen and oxygen atoms in total. The molecule has 0 aliphatic heterocycles. The van der Waals surface area contributed by atoms with Gasteiger partial charge in [0.25, 0.3) is 0 Å². The van der Waals surface area contributed by atoms with Gasteiger partial charge < -0.3 is 15.6 Å². The smallest absolute Gasteiger partial charge is 0.128 e. The highest BCUT2D eigenvalue weighted by molar-refractivity contribution is 6.30. The van der Waals surface area contributed by atoms with Gasteiger partial charge in [0.1, 0.15) is 11.5 Å². The molecule has 110 valence electrons. The van der Waals surface area contributed by atoms with Crippen LogP contribution in [0.4, 0.5) is 0 Å². The predicted octanol–water partition coefficient (Wildman–Crippen LogP) is 3.31. The number of halogens is 1. The van der Waals surface area contributed by atoms with E-state index in [-0.39, 0.29) is 6.61 Å². The molecule has 3 N–H and O–H groups in total. The summed E-state index contributed by atoms with van der Waals surface area (Å²) in [6.45, 7) is 0.0210. The van der Waals surface area contributed by atoms with Crippen molar-refractivity contribution in [2.75, 3.05) is 6.61 Å². The molecule has 0 saturated carbocycles. The molecule has 0 amide bonds. The van der Waals surface area contributed by atoms with Gasteiger partial charge in [-0.25, -0.2) is 0 Å². The van der Waals surface area contributed by atoms with Gasteiger partial charge in [0.2, 0.25) is 0 Å². The SMILES string of the molecule is NC1(CO)CCc2cc(Oc3cccc(Cl)c3)ccc2C1. The number of nitrogens with two attached hydrogens (primary N) is 1. The number of benzene rings is 2. The topological polar surface area (TPSA) is 55.5 Å². The highest BCUT2D eigenvalue weighted by Gasteiger charge is 2.29. The van der Waals surface area contributed by atoms with Crippen molar-refractivity contribution in [3.63, 3.8) is 0 Å². The van der Waals surface area contributed by atoms with Crippen LogP contribution in [0.2, 0.25) is 5.02 Å². The van der Waals surface area contributed by atoms with Gasteiger partial charge in [0, 0.05) is 10.6 Å². The van der Waals surface area contributed by atoms with Crippen LogP contribution < -0.4 is 10.5 Å². The number of aliphatic hydroxyl groups excluding tert-OH is 1. The van der Waals surface area contributed by atoms with Crippen LogP contribution in [-0.4, -0.2) is 17.3 Å². The third-order valence-electron chi connectivity index (χ3n) is 3.96. The molecule has 0 heterocycles. The van der Waals surface area contributed by atoms with Gasteiger partial charge in [-0.2, -0.15) is 0 Å². The zero-order valence-corrected chi connectivity index (χ0v) is 12.4. The van der Waals surface area contributed by atoms with Crippen molar-refractivity contribution >= 4 is 11.6 Å². The summed E-state index contributed by atoms with van der Waals surface area (Å²) < 4.78 is 5.84. The van der Waals surface area contributed by atoms with Crippen LogP contribution in [0.5, 0.6) is 11.5 Å². The van der Waals surface area contributed by atoms with Crippen molar-refractivity contribution in [3.05, 3.63) is 58.6 Å². The Balaban J connectivity index is 1.81. The Morgan fingerprint density at radius 1 is 1.14 bits per heavy atom. The number of aliphatic hydroxyl groups is 1. The Kier molecular flexibility index (Phi) is 3.89. The first-order valence-electron chi connectivity index (χ1n) is 7.03. The van der Waals surface area contributed by atoms with E-state index in [0.717, 1.165) is 24.3 Å². The molecule has 0 fully saturated rings. The molecular formula is C17H18ClNO2. The van der Waals surface area contributed by atoms with E-state index in [9.17, 15) is 5.11 Å². The summed E-state index contributed by atoms with van der Waals surface area (Å²) in [4.78, 5) is 0. The second kappa shape index (κ2) is 5.68. The molecule has 2 aromatic rings.